The van der Waals surface area contributed by atoms with Gasteiger partial charge in [0.2, 0.25) is 0 Å². The molecule has 0 aromatic rings. The molecule has 1 saturated heterocycles. The molecule has 1 aliphatic rings. The Labute approximate surface area is 83.0 Å². The van der Waals surface area contributed by atoms with Crippen LogP contribution in [0.25, 0.3) is 0 Å². The van der Waals surface area contributed by atoms with Crippen molar-refractivity contribution in [2.24, 2.45) is 0 Å². The summed E-state index contributed by atoms with van der Waals surface area (Å²) in [4.78, 5) is 12.2. The molecule has 0 amide bonds. The Hall–Kier alpha value is -0.650. The fourth-order valence-corrected chi connectivity index (χ4v) is 1.80. The third kappa shape index (κ3) is 3.25. The monoisotopic (exact) mass is 203 g/mol. The minimum absolute atomic E-state index is 0.0888. The van der Waals surface area contributed by atoms with Gasteiger partial charge in [-0.15, -0.1) is 0 Å². The second-order valence-electron chi connectivity index (χ2n) is 4.19. The lowest BCUT2D eigenvalue weighted by atomic mass is 9.95. The van der Waals surface area contributed by atoms with Gasteiger partial charge in [0.25, 0.3) is 0 Å². The molecule has 0 aromatic carbocycles. The number of rotatable bonds is 3. The average Bonchev–Trinajstić information content (AvgIpc) is 2.01. The zero-order chi connectivity index (χ0) is 10.8. The number of aliphatic hydroxyl groups excluding tert-OH is 1. The normalized spacial score (nSPS) is 31.4. The van der Waals surface area contributed by atoms with E-state index in [2.05, 4.69) is 0 Å². The van der Waals surface area contributed by atoms with Gasteiger partial charge in [0.1, 0.15) is 0 Å². The molecule has 0 aliphatic carbocycles. The fraction of sp³-hybridized carbons (Fsp3) is 0.889. The number of hydrogen-bond donors (Lipinski definition) is 3. The minimum Gasteiger partial charge on any atom is -0.479 e. The summed E-state index contributed by atoms with van der Waals surface area (Å²) < 4.78 is 0. The van der Waals surface area contributed by atoms with Gasteiger partial charge < -0.3 is 15.3 Å². The molecule has 1 rings (SSSR count). The Kier molecular flexibility index (Phi) is 3.47. The van der Waals surface area contributed by atoms with Crippen LogP contribution in [-0.4, -0.2) is 57.5 Å². The predicted molar refractivity (Wildman–Crippen MR) is 49.9 cm³/mol. The van der Waals surface area contributed by atoms with E-state index in [1.165, 1.54) is 0 Å². The molecule has 5 heteroatoms. The highest BCUT2D eigenvalue weighted by Gasteiger charge is 2.30. The maximum Gasteiger partial charge on any atom is 0.333 e. The van der Waals surface area contributed by atoms with E-state index in [1.54, 1.807) is 11.8 Å². The first-order valence-corrected chi connectivity index (χ1v) is 4.76. The van der Waals surface area contributed by atoms with E-state index in [1.807, 2.05) is 0 Å². The molecule has 1 heterocycles. The number of carboxylic acids is 1. The number of likely N-dealkylation sites (tertiary alicyclic amines) is 1. The highest BCUT2D eigenvalue weighted by atomic mass is 16.4. The van der Waals surface area contributed by atoms with Crippen molar-refractivity contribution in [1.82, 2.24) is 4.90 Å². The highest BCUT2D eigenvalue weighted by Crippen LogP contribution is 2.20. The molecule has 5 nitrogen and oxygen atoms in total. The summed E-state index contributed by atoms with van der Waals surface area (Å²) in [5.41, 5.74) is -0.753. The summed E-state index contributed by atoms with van der Waals surface area (Å²) in [6.07, 6.45) is 0.204. The van der Waals surface area contributed by atoms with E-state index in [9.17, 15) is 9.90 Å². The molecule has 0 saturated carbocycles. The molecule has 1 fully saturated rings. The molecule has 0 radical (unpaired) electrons. The topological polar surface area (TPSA) is 81.0 Å². The lowest BCUT2D eigenvalue weighted by Crippen LogP contribution is -2.49. The minimum atomic E-state index is -1.36. The lowest BCUT2D eigenvalue weighted by molar-refractivity contribution is -0.148. The van der Waals surface area contributed by atoms with Crippen LogP contribution in [0.1, 0.15) is 19.8 Å². The van der Waals surface area contributed by atoms with Crippen LogP contribution in [0.5, 0.6) is 0 Å². The van der Waals surface area contributed by atoms with Crippen molar-refractivity contribution in [2.75, 3.05) is 19.6 Å². The van der Waals surface area contributed by atoms with Crippen LogP contribution in [0, 0.1) is 0 Å². The lowest BCUT2D eigenvalue weighted by Gasteiger charge is -2.37. The number of carbonyl (C=O) groups is 1. The zero-order valence-corrected chi connectivity index (χ0v) is 8.31. The molecule has 3 N–H and O–H groups in total. The van der Waals surface area contributed by atoms with Crippen molar-refractivity contribution >= 4 is 5.97 Å². The Morgan fingerprint density at radius 1 is 1.64 bits per heavy atom. The van der Waals surface area contributed by atoms with E-state index in [0.29, 0.717) is 6.54 Å². The number of β-amino-alcohol motifs (C(OH)–C–C–N with tert-alkyl or cyclic N) is 2. The quantitative estimate of drug-likeness (QED) is 0.564. The number of piperidine rings is 1. The van der Waals surface area contributed by atoms with Crippen molar-refractivity contribution in [3.05, 3.63) is 0 Å². The third-order valence-electron chi connectivity index (χ3n) is 2.47. The largest absolute Gasteiger partial charge is 0.479 e. The standard InChI is InChI=1S/C9H17NO4/c1-9(14)3-2-4-10(6-9)5-7(11)8(12)13/h7,11,14H,2-6H2,1H3,(H,12,13). The average molecular weight is 203 g/mol. The van der Waals surface area contributed by atoms with Crippen molar-refractivity contribution < 1.29 is 20.1 Å². The first-order valence-electron chi connectivity index (χ1n) is 4.76. The maximum atomic E-state index is 10.4. The molecule has 0 aromatic heterocycles. The summed E-state index contributed by atoms with van der Waals surface area (Å²) in [7, 11) is 0. The van der Waals surface area contributed by atoms with Gasteiger partial charge in [-0.2, -0.15) is 0 Å². The predicted octanol–water partition coefficient (Wildman–Crippen LogP) is -0.721. The van der Waals surface area contributed by atoms with Crippen LogP contribution < -0.4 is 0 Å². The van der Waals surface area contributed by atoms with E-state index < -0.39 is 17.7 Å². The summed E-state index contributed by atoms with van der Waals surface area (Å²) in [5, 5.41) is 27.4. The SMILES string of the molecule is CC1(O)CCCN(CC(O)C(=O)O)C1. The number of hydrogen-bond acceptors (Lipinski definition) is 4. The van der Waals surface area contributed by atoms with E-state index in [-0.39, 0.29) is 6.54 Å². The number of aliphatic carboxylic acids is 1. The second-order valence-corrected chi connectivity index (χ2v) is 4.19. The maximum absolute atomic E-state index is 10.4. The Balaban J connectivity index is 2.42. The molecule has 0 spiro atoms. The van der Waals surface area contributed by atoms with Crippen molar-refractivity contribution in [3.8, 4) is 0 Å². The van der Waals surface area contributed by atoms with Crippen LogP contribution in [0.3, 0.4) is 0 Å². The molecule has 2 atom stereocenters. The van der Waals surface area contributed by atoms with E-state index >= 15 is 0 Å². The van der Waals surface area contributed by atoms with Crippen LogP contribution in [0.15, 0.2) is 0 Å². The van der Waals surface area contributed by atoms with Crippen LogP contribution >= 0.6 is 0 Å². The Morgan fingerprint density at radius 3 is 2.79 bits per heavy atom. The van der Waals surface area contributed by atoms with E-state index in [4.69, 9.17) is 10.2 Å². The van der Waals surface area contributed by atoms with Gasteiger partial charge in [-0.05, 0) is 26.3 Å². The van der Waals surface area contributed by atoms with Gasteiger partial charge in [-0.1, -0.05) is 0 Å². The number of carboxylic acid groups (broad SMARTS) is 1. The summed E-state index contributed by atoms with van der Waals surface area (Å²) in [6, 6.07) is 0. The summed E-state index contributed by atoms with van der Waals surface area (Å²) in [5.74, 6) is -1.21. The number of nitrogens with zero attached hydrogens (tertiary/aromatic N) is 1. The van der Waals surface area contributed by atoms with Gasteiger partial charge in [-0.25, -0.2) is 4.79 Å². The molecule has 0 bridgehead atoms. The molecular weight excluding hydrogens is 186 g/mol. The molecular formula is C9H17NO4. The van der Waals surface area contributed by atoms with Crippen molar-refractivity contribution in [1.29, 1.82) is 0 Å². The van der Waals surface area contributed by atoms with Crippen molar-refractivity contribution in [2.45, 2.75) is 31.5 Å². The Morgan fingerprint density at radius 2 is 2.29 bits per heavy atom. The molecule has 2 unspecified atom stereocenters. The highest BCUT2D eigenvalue weighted by molar-refractivity contribution is 5.72. The van der Waals surface area contributed by atoms with Gasteiger partial charge in [0, 0.05) is 13.1 Å². The first kappa shape index (κ1) is 11.4. The molecule has 1 aliphatic heterocycles. The zero-order valence-electron chi connectivity index (χ0n) is 8.31. The van der Waals surface area contributed by atoms with Crippen LogP contribution in [0.4, 0.5) is 0 Å². The first-order chi connectivity index (χ1) is 6.41. The van der Waals surface area contributed by atoms with Crippen molar-refractivity contribution in [3.63, 3.8) is 0 Å². The van der Waals surface area contributed by atoms with Gasteiger partial charge >= 0.3 is 5.97 Å². The number of aliphatic hydroxyl groups is 2. The third-order valence-corrected chi connectivity index (χ3v) is 2.47. The summed E-state index contributed by atoms with van der Waals surface area (Å²) in [6.45, 7) is 2.98. The van der Waals surface area contributed by atoms with Gasteiger partial charge in [0.15, 0.2) is 6.10 Å². The van der Waals surface area contributed by atoms with E-state index in [0.717, 1.165) is 19.4 Å². The molecule has 14 heavy (non-hydrogen) atoms. The summed E-state index contributed by atoms with van der Waals surface area (Å²) >= 11 is 0. The van der Waals surface area contributed by atoms with Crippen LogP contribution in [0.2, 0.25) is 0 Å². The van der Waals surface area contributed by atoms with Crippen LogP contribution in [-0.2, 0) is 4.79 Å². The molecule has 82 valence electrons. The van der Waals surface area contributed by atoms with Gasteiger partial charge in [-0.3, -0.25) is 4.90 Å². The second kappa shape index (κ2) is 4.25. The Bertz CT molecular complexity index is 217. The smallest absolute Gasteiger partial charge is 0.333 e. The fourth-order valence-electron chi connectivity index (χ4n) is 1.80. The van der Waals surface area contributed by atoms with Gasteiger partial charge in [0.05, 0.1) is 5.60 Å².